The van der Waals surface area contributed by atoms with Gasteiger partial charge in [-0.3, -0.25) is 4.79 Å². The quantitative estimate of drug-likeness (QED) is 0.632. The number of benzene rings is 2. The maximum atomic E-state index is 13.3. The van der Waals surface area contributed by atoms with Crippen LogP contribution in [0.2, 0.25) is 0 Å². The Morgan fingerprint density at radius 2 is 1.88 bits per heavy atom. The Morgan fingerprint density at radius 3 is 2.50 bits per heavy atom. The summed E-state index contributed by atoms with van der Waals surface area (Å²) in [4.78, 5) is 18.1. The van der Waals surface area contributed by atoms with Crippen molar-refractivity contribution in [1.82, 2.24) is 4.90 Å². The zero-order chi connectivity index (χ0) is 17.5. The molecule has 2 aromatic rings. The molecule has 2 aromatic carbocycles. The molecule has 0 radical (unpaired) electrons. The van der Waals surface area contributed by atoms with Gasteiger partial charge in [0, 0.05) is 19.2 Å². The highest BCUT2D eigenvalue weighted by Crippen LogP contribution is 2.09. The number of amidine groups is 1. The highest BCUT2D eigenvalue weighted by molar-refractivity contribution is 6.01. The van der Waals surface area contributed by atoms with E-state index in [9.17, 15) is 9.18 Å². The lowest BCUT2D eigenvalue weighted by molar-refractivity contribution is 0.0989. The third kappa shape index (κ3) is 5.19. The van der Waals surface area contributed by atoms with Gasteiger partial charge in [0.2, 0.25) is 0 Å². The summed E-state index contributed by atoms with van der Waals surface area (Å²) in [6.45, 7) is 4.26. The predicted molar refractivity (Wildman–Crippen MR) is 92.3 cm³/mol. The largest absolute Gasteiger partial charge is 0.462 e. The maximum Gasteiger partial charge on any atom is 0.295 e. The van der Waals surface area contributed by atoms with Crippen LogP contribution < -0.4 is 0 Å². The van der Waals surface area contributed by atoms with Crippen molar-refractivity contribution in [2.24, 2.45) is 4.99 Å². The highest BCUT2D eigenvalue weighted by atomic mass is 19.1. The van der Waals surface area contributed by atoms with Crippen LogP contribution in [0.1, 0.15) is 29.8 Å². The molecule has 0 saturated carbocycles. The monoisotopic (exact) mass is 328 g/mol. The second-order valence-electron chi connectivity index (χ2n) is 5.72. The molecule has 0 N–H and O–H groups in total. The van der Waals surface area contributed by atoms with E-state index < -0.39 is 11.7 Å². The molecule has 4 nitrogen and oxygen atoms in total. The summed E-state index contributed by atoms with van der Waals surface area (Å²) in [7, 11) is 1.80. The van der Waals surface area contributed by atoms with E-state index in [0.29, 0.717) is 6.54 Å². The molecule has 24 heavy (non-hydrogen) atoms. The first-order valence-electron chi connectivity index (χ1n) is 7.76. The van der Waals surface area contributed by atoms with Gasteiger partial charge in [0.1, 0.15) is 5.82 Å². The van der Waals surface area contributed by atoms with Gasteiger partial charge in [-0.15, -0.1) is 0 Å². The first kappa shape index (κ1) is 17.7. The van der Waals surface area contributed by atoms with Crippen molar-refractivity contribution in [2.45, 2.75) is 26.5 Å². The normalized spacial score (nSPS) is 11.5. The zero-order valence-electron chi connectivity index (χ0n) is 14.1. The average molecular weight is 328 g/mol. The number of halogens is 1. The molecule has 0 fully saturated rings. The fourth-order valence-corrected chi connectivity index (χ4v) is 2.11. The van der Waals surface area contributed by atoms with Crippen LogP contribution in [-0.4, -0.2) is 30.0 Å². The number of amides is 1. The number of rotatable bonds is 4. The minimum atomic E-state index is -0.537. The minimum Gasteiger partial charge on any atom is -0.462 e. The van der Waals surface area contributed by atoms with Crippen LogP contribution in [0, 0.1) is 5.82 Å². The topological polar surface area (TPSA) is 41.9 Å². The molecule has 0 atom stereocenters. The molecule has 0 aliphatic heterocycles. The molecule has 0 aromatic heterocycles. The van der Waals surface area contributed by atoms with Crippen LogP contribution in [0.5, 0.6) is 0 Å². The molecule has 0 unspecified atom stereocenters. The van der Waals surface area contributed by atoms with Crippen molar-refractivity contribution in [3.05, 3.63) is 71.5 Å². The number of hydrogen-bond donors (Lipinski definition) is 0. The molecular weight excluding hydrogens is 307 g/mol. The van der Waals surface area contributed by atoms with Crippen LogP contribution in [0.4, 0.5) is 4.39 Å². The SMILES string of the molecule is CC(C)OC(=NC(=O)c1cccc(F)c1)N(C)Cc1ccccc1. The van der Waals surface area contributed by atoms with E-state index in [1.807, 2.05) is 44.2 Å². The fourth-order valence-electron chi connectivity index (χ4n) is 2.11. The van der Waals surface area contributed by atoms with Crippen LogP contribution in [0.15, 0.2) is 59.6 Å². The summed E-state index contributed by atoms with van der Waals surface area (Å²) in [6.07, 6.45) is -0.137. The third-order valence-corrected chi connectivity index (χ3v) is 3.20. The summed E-state index contributed by atoms with van der Waals surface area (Å²) in [5.41, 5.74) is 1.26. The molecule has 0 bridgehead atoms. The van der Waals surface area contributed by atoms with Crippen LogP contribution in [-0.2, 0) is 11.3 Å². The van der Waals surface area contributed by atoms with E-state index in [1.54, 1.807) is 11.9 Å². The number of aliphatic imine (C=N–C) groups is 1. The number of carbonyl (C=O) groups is 1. The van der Waals surface area contributed by atoms with Gasteiger partial charge >= 0.3 is 0 Å². The first-order valence-corrected chi connectivity index (χ1v) is 7.76. The Morgan fingerprint density at radius 1 is 1.17 bits per heavy atom. The smallest absolute Gasteiger partial charge is 0.295 e. The third-order valence-electron chi connectivity index (χ3n) is 3.20. The van der Waals surface area contributed by atoms with Crippen LogP contribution >= 0.6 is 0 Å². The van der Waals surface area contributed by atoms with Gasteiger partial charge in [0.25, 0.3) is 11.9 Å². The standard InChI is InChI=1S/C19H21FN2O2/c1-14(2)24-19(22(3)13-15-8-5-4-6-9-15)21-18(23)16-10-7-11-17(20)12-16/h4-12,14H,13H2,1-3H3. The minimum absolute atomic E-state index is 0.137. The summed E-state index contributed by atoms with van der Waals surface area (Å²) in [6, 6.07) is 15.5. The summed E-state index contributed by atoms with van der Waals surface area (Å²) >= 11 is 0. The lowest BCUT2D eigenvalue weighted by Crippen LogP contribution is -2.31. The number of hydrogen-bond acceptors (Lipinski definition) is 2. The predicted octanol–water partition coefficient (Wildman–Crippen LogP) is 3.88. The molecule has 0 aliphatic rings. The lowest BCUT2D eigenvalue weighted by atomic mass is 10.2. The van der Waals surface area contributed by atoms with E-state index in [4.69, 9.17) is 4.74 Å². The number of carbonyl (C=O) groups excluding carboxylic acids is 1. The van der Waals surface area contributed by atoms with Crippen LogP contribution in [0.25, 0.3) is 0 Å². The van der Waals surface area contributed by atoms with E-state index in [2.05, 4.69) is 4.99 Å². The zero-order valence-corrected chi connectivity index (χ0v) is 14.1. The van der Waals surface area contributed by atoms with Crippen molar-refractivity contribution < 1.29 is 13.9 Å². The Kier molecular flexibility index (Phi) is 6.07. The van der Waals surface area contributed by atoms with Gasteiger partial charge in [-0.2, -0.15) is 4.99 Å². The molecular formula is C19H21FN2O2. The van der Waals surface area contributed by atoms with Gasteiger partial charge in [0.05, 0.1) is 6.10 Å². The Balaban J connectivity index is 2.21. The molecule has 0 saturated heterocycles. The average Bonchev–Trinajstić information content (AvgIpc) is 2.54. The van der Waals surface area contributed by atoms with Gasteiger partial charge in [-0.1, -0.05) is 36.4 Å². The van der Waals surface area contributed by atoms with Crippen molar-refractivity contribution >= 4 is 11.9 Å². The van der Waals surface area contributed by atoms with E-state index in [1.165, 1.54) is 18.2 Å². The molecule has 5 heteroatoms. The highest BCUT2D eigenvalue weighted by Gasteiger charge is 2.15. The summed E-state index contributed by atoms with van der Waals surface area (Å²) in [5, 5.41) is 0. The number of ether oxygens (including phenoxy) is 1. The lowest BCUT2D eigenvalue weighted by Gasteiger charge is -2.22. The molecule has 126 valence electrons. The Bertz CT molecular complexity index is 714. The Labute approximate surface area is 141 Å². The fraction of sp³-hybridized carbons (Fsp3) is 0.263. The van der Waals surface area contributed by atoms with Gasteiger partial charge in [-0.05, 0) is 37.6 Å². The van der Waals surface area contributed by atoms with Crippen molar-refractivity contribution in [3.63, 3.8) is 0 Å². The molecule has 0 spiro atoms. The second kappa shape index (κ2) is 8.24. The van der Waals surface area contributed by atoms with Gasteiger partial charge in [0.15, 0.2) is 0 Å². The van der Waals surface area contributed by atoms with Gasteiger partial charge < -0.3 is 9.64 Å². The number of nitrogens with zero attached hydrogens (tertiary/aromatic N) is 2. The molecule has 0 heterocycles. The van der Waals surface area contributed by atoms with Crippen LogP contribution in [0.3, 0.4) is 0 Å². The Hall–Kier alpha value is -2.69. The van der Waals surface area contributed by atoms with Gasteiger partial charge in [-0.25, -0.2) is 4.39 Å². The van der Waals surface area contributed by atoms with Crippen molar-refractivity contribution in [3.8, 4) is 0 Å². The molecule has 0 aliphatic carbocycles. The van der Waals surface area contributed by atoms with Crippen molar-refractivity contribution in [1.29, 1.82) is 0 Å². The summed E-state index contributed by atoms with van der Waals surface area (Å²) in [5.74, 6) is -1.01. The van der Waals surface area contributed by atoms with E-state index >= 15 is 0 Å². The van der Waals surface area contributed by atoms with Crippen molar-refractivity contribution in [2.75, 3.05) is 7.05 Å². The molecule has 1 amide bonds. The second-order valence-corrected chi connectivity index (χ2v) is 5.72. The van der Waals surface area contributed by atoms with E-state index in [0.717, 1.165) is 11.6 Å². The molecule has 2 rings (SSSR count). The summed E-state index contributed by atoms with van der Waals surface area (Å²) < 4.78 is 18.9. The maximum absolute atomic E-state index is 13.3. The van der Waals surface area contributed by atoms with E-state index in [-0.39, 0.29) is 17.7 Å². The first-order chi connectivity index (χ1) is 11.5.